The average Bonchev–Trinajstić information content (AvgIpc) is 2.43. The molecule has 0 saturated heterocycles. The second-order valence-corrected chi connectivity index (χ2v) is 6.12. The van der Waals surface area contributed by atoms with Crippen LogP contribution in [0.5, 0.6) is 0 Å². The molecule has 0 aliphatic carbocycles. The van der Waals surface area contributed by atoms with E-state index >= 15 is 0 Å². The molecule has 0 aliphatic rings. The summed E-state index contributed by atoms with van der Waals surface area (Å²) in [6.07, 6.45) is 0.798. The Balaban J connectivity index is 2.08. The van der Waals surface area contributed by atoms with Gasteiger partial charge in [-0.25, -0.2) is 0 Å². The Bertz CT molecular complexity index is 647. The smallest absolute Gasteiger partial charge is 0.271 e. The van der Waals surface area contributed by atoms with Gasteiger partial charge in [-0.15, -0.1) is 0 Å². The number of non-ortho nitro benzene ring substituents is 1. The lowest BCUT2D eigenvalue weighted by Crippen LogP contribution is -2.18. The van der Waals surface area contributed by atoms with Crippen molar-refractivity contribution in [2.75, 3.05) is 5.32 Å². The molecule has 0 saturated carbocycles. The van der Waals surface area contributed by atoms with E-state index in [1.54, 1.807) is 0 Å². The highest BCUT2D eigenvalue weighted by atomic mass is 79.9. The predicted molar refractivity (Wildman–Crippen MR) is 89.0 cm³/mol. The van der Waals surface area contributed by atoms with Gasteiger partial charge in [-0.3, -0.25) is 10.1 Å². The topological polar surface area (TPSA) is 55.2 Å². The summed E-state index contributed by atoms with van der Waals surface area (Å²) in [5.74, 6) is 0. The van der Waals surface area contributed by atoms with Gasteiger partial charge in [0.2, 0.25) is 0 Å². The van der Waals surface area contributed by atoms with E-state index in [-0.39, 0.29) is 11.7 Å². The monoisotopic (exact) mass is 368 g/mol. The fraction of sp³-hybridized carbons (Fsp3) is 0.200. The first kappa shape index (κ1) is 15.8. The first-order valence-corrected chi connectivity index (χ1v) is 7.57. The third-order valence-corrected chi connectivity index (χ3v) is 3.88. The summed E-state index contributed by atoms with van der Waals surface area (Å²) in [6, 6.07) is 12.5. The Morgan fingerprint density at radius 3 is 2.57 bits per heavy atom. The summed E-state index contributed by atoms with van der Waals surface area (Å²) in [5, 5.41) is 14.5. The van der Waals surface area contributed by atoms with E-state index in [1.165, 1.54) is 23.8 Å². The summed E-state index contributed by atoms with van der Waals surface area (Å²) < 4.78 is 1.04. The van der Waals surface area contributed by atoms with Crippen molar-refractivity contribution in [3.8, 4) is 0 Å². The number of hydrogen-bond donors (Lipinski definition) is 1. The van der Waals surface area contributed by atoms with E-state index in [1.807, 2.05) is 31.2 Å². The van der Waals surface area contributed by atoms with E-state index < -0.39 is 4.92 Å². The third-order valence-electron chi connectivity index (χ3n) is 3.02. The number of halogens is 2. The van der Waals surface area contributed by atoms with Crippen molar-refractivity contribution in [1.82, 2.24) is 0 Å². The third kappa shape index (κ3) is 4.44. The Labute approximate surface area is 136 Å². The van der Waals surface area contributed by atoms with Gasteiger partial charge in [0, 0.05) is 22.6 Å². The van der Waals surface area contributed by atoms with Crippen LogP contribution >= 0.6 is 27.5 Å². The fourth-order valence-corrected chi connectivity index (χ4v) is 2.46. The quantitative estimate of drug-likeness (QED) is 0.592. The highest BCUT2D eigenvalue weighted by molar-refractivity contribution is 9.10. The van der Waals surface area contributed by atoms with E-state index in [0.29, 0.717) is 10.7 Å². The molecule has 0 amide bonds. The van der Waals surface area contributed by atoms with Crippen molar-refractivity contribution >= 4 is 38.9 Å². The average molecular weight is 370 g/mol. The Hall–Kier alpha value is -1.59. The van der Waals surface area contributed by atoms with Gasteiger partial charge < -0.3 is 5.32 Å². The number of nitro groups is 1. The van der Waals surface area contributed by atoms with E-state index in [0.717, 1.165) is 10.9 Å². The van der Waals surface area contributed by atoms with Crippen LogP contribution in [0.15, 0.2) is 46.9 Å². The fourth-order valence-electron chi connectivity index (χ4n) is 2.03. The maximum absolute atomic E-state index is 10.8. The normalized spacial score (nSPS) is 12.0. The van der Waals surface area contributed by atoms with Gasteiger partial charge in [0.15, 0.2) is 0 Å². The van der Waals surface area contributed by atoms with Crippen LogP contribution in [0.2, 0.25) is 5.02 Å². The van der Waals surface area contributed by atoms with Gasteiger partial charge in [0.05, 0.1) is 15.6 Å². The lowest BCUT2D eigenvalue weighted by molar-refractivity contribution is -0.384. The largest absolute Gasteiger partial charge is 0.381 e. The van der Waals surface area contributed by atoms with Crippen LogP contribution in [0, 0.1) is 10.1 Å². The second-order valence-electron chi connectivity index (χ2n) is 4.80. The predicted octanol–water partition coefficient (Wildman–Crippen LogP) is 5.05. The number of benzene rings is 2. The van der Waals surface area contributed by atoms with E-state index in [4.69, 9.17) is 11.6 Å². The van der Waals surface area contributed by atoms with Gasteiger partial charge in [-0.05, 0) is 37.1 Å². The zero-order chi connectivity index (χ0) is 15.4. The molecule has 21 heavy (non-hydrogen) atoms. The molecule has 6 heteroatoms. The van der Waals surface area contributed by atoms with Crippen molar-refractivity contribution in [3.63, 3.8) is 0 Å². The molecule has 0 bridgehead atoms. The number of hydrogen-bond acceptors (Lipinski definition) is 3. The summed E-state index contributed by atoms with van der Waals surface area (Å²) in [6.45, 7) is 2.01. The maximum Gasteiger partial charge on any atom is 0.271 e. The van der Waals surface area contributed by atoms with Crippen LogP contribution in [0.25, 0.3) is 0 Å². The Morgan fingerprint density at radius 2 is 1.95 bits per heavy atom. The van der Waals surface area contributed by atoms with Gasteiger partial charge in [-0.2, -0.15) is 0 Å². The van der Waals surface area contributed by atoms with Crippen molar-refractivity contribution in [2.45, 2.75) is 19.4 Å². The summed E-state index contributed by atoms with van der Waals surface area (Å²) in [7, 11) is 0. The summed E-state index contributed by atoms with van der Waals surface area (Å²) in [4.78, 5) is 10.4. The standard InChI is InChI=1S/C15H14BrClN2O2/c1-10(8-11-2-4-12(16)5-3-11)18-15-9-13(19(20)21)6-7-14(15)17/h2-7,9-10,18H,8H2,1H3. The number of nitrogens with zero attached hydrogens (tertiary/aromatic N) is 1. The van der Waals surface area contributed by atoms with Gasteiger partial charge in [-0.1, -0.05) is 39.7 Å². The van der Waals surface area contributed by atoms with E-state index in [9.17, 15) is 10.1 Å². The first-order valence-electron chi connectivity index (χ1n) is 6.40. The van der Waals surface area contributed by atoms with Crippen molar-refractivity contribution < 1.29 is 4.92 Å². The zero-order valence-electron chi connectivity index (χ0n) is 11.3. The summed E-state index contributed by atoms with van der Waals surface area (Å²) in [5.41, 5.74) is 1.79. The molecular formula is C15H14BrClN2O2. The molecule has 0 spiro atoms. The molecule has 0 radical (unpaired) electrons. The zero-order valence-corrected chi connectivity index (χ0v) is 13.7. The van der Waals surface area contributed by atoms with Crippen molar-refractivity contribution in [1.29, 1.82) is 0 Å². The lowest BCUT2D eigenvalue weighted by Gasteiger charge is -2.16. The Morgan fingerprint density at radius 1 is 1.29 bits per heavy atom. The number of anilines is 1. The molecule has 1 unspecified atom stereocenters. The lowest BCUT2D eigenvalue weighted by atomic mass is 10.1. The SMILES string of the molecule is CC(Cc1ccc(Br)cc1)Nc1cc([N+](=O)[O-])ccc1Cl. The molecule has 0 aliphatic heterocycles. The molecule has 4 nitrogen and oxygen atoms in total. The highest BCUT2D eigenvalue weighted by Gasteiger charge is 2.12. The summed E-state index contributed by atoms with van der Waals surface area (Å²) >= 11 is 9.48. The van der Waals surface area contributed by atoms with Crippen LogP contribution < -0.4 is 5.32 Å². The highest BCUT2D eigenvalue weighted by Crippen LogP contribution is 2.27. The number of rotatable bonds is 5. The molecule has 1 atom stereocenters. The molecule has 1 N–H and O–H groups in total. The minimum absolute atomic E-state index is 0.0257. The van der Waals surface area contributed by atoms with Crippen LogP contribution in [0.3, 0.4) is 0 Å². The molecule has 0 aromatic heterocycles. The van der Waals surface area contributed by atoms with Crippen LogP contribution in [-0.4, -0.2) is 11.0 Å². The number of nitro benzene ring substituents is 1. The van der Waals surface area contributed by atoms with Gasteiger partial charge in [0.25, 0.3) is 5.69 Å². The van der Waals surface area contributed by atoms with Gasteiger partial charge in [0.1, 0.15) is 0 Å². The molecule has 0 heterocycles. The molecule has 0 fully saturated rings. The second kappa shape index (κ2) is 6.91. The first-order chi connectivity index (χ1) is 9.95. The molecule has 2 aromatic rings. The van der Waals surface area contributed by atoms with Gasteiger partial charge >= 0.3 is 0 Å². The van der Waals surface area contributed by atoms with Crippen molar-refractivity contribution in [2.24, 2.45) is 0 Å². The maximum atomic E-state index is 10.8. The van der Waals surface area contributed by atoms with Crippen LogP contribution in [-0.2, 0) is 6.42 Å². The Kier molecular flexibility index (Phi) is 5.20. The van der Waals surface area contributed by atoms with E-state index in [2.05, 4.69) is 21.2 Å². The molecule has 110 valence electrons. The molecular weight excluding hydrogens is 356 g/mol. The number of nitrogens with one attached hydrogen (secondary N) is 1. The van der Waals surface area contributed by atoms with Crippen molar-refractivity contribution in [3.05, 3.63) is 67.6 Å². The van der Waals surface area contributed by atoms with Crippen LogP contribution in [0.4, 0.5) is 11.4 Å². The minimum Gasteiger partial charge on any atom is -0.381 e. The van der Waals surface area contributed by atoms with Crippen LogP contribution in [0.1, 0.15) is 12.5 Å². The molecule has 2 rings (SSSR count). The molecule has 2 aromatic carbocycles. The minimum atomic E-state index is -0.430.